The molecule has 1 aromatic heterocycles. The molecular formula is C13H16N4. The quantitative estimate of drug-likeness (QED) is 0.849. The van der Waals surface area contributed by atoms with Crippen LogP contribution in [0.3, 0.4) is 0 Å². The molecule has 0 fully saturated rings. The number of aromatic nitrogens is 3. The molecule has 0 radical (unpaired) electrons. The second-order valence-electron chi connectivity index (χ2n) is 4.48. The topological polar surface area (TPSA) is 56.7 Å². The van der Waals surface area contributed by atoms with Crippen molar-refractivity contribution in [2.75, 3.05) is 0 Å². The first-order valence-corrected chi connectivity index (χ1v) is 6.11. The number of hydrogen-bond acceptors (Lipinski definition) is 3. The van der Waals surface area contributed by atoms with Gasteiger partial charge in [-0.05, 0) is 42.9 Å². The highest BCUT2D eigenvalue weighted by Gasteiger charge is 2.14. The molecule has 3 rings (SSSR count). The normalized spacial score (nSPS) is 14.6. The first-order valence-electron chi connectivity index (χ1n) is 6.11. The Labute approximate surface area is 100 Å². The van der Waals surface area contributed by atoms with Crippen molar-refractivity contribution >= 4 is 0 Å². The Kier molecular flexibility index (Phi) is 2.65. The van der Waals surface area contributed by atoms with Crippen LogP contribution >= 0.6 is 0 Å². The Morgan fingerprint density at radius 3 is 2.94 bits per heavy atom. The number of benzene rings is 1. The smallest absolute Gasteiger partial charge is 0.0967 e. The van der Waals surface area contributed by atoms with Gasteiger partial charge in [-0.15, -0.1) is 5.10 Å². The molecule has 0 bridgehead atoms. The van der Waals surface area contributed by atoms with Crippen LogP contribution in [0.15, 0.2) is 24.4 Å². The zero-order valence-electron chi connectivity index (χ0n) is 9.76. The zero-order chi connectivity index (χ0) is 11.7. The molecule has 17 heavy (non-hydrogen) atoms. The van der Waals surface area contributed by atoms with Gasteiger partial charge in [-0.3, -0.25) is 0 Å². The fourth-order valence-corrected chi connectivity index (χ4v) is 2.49. The van der Waals surface area contributed by atoms with Gasteiger partial charge in [0.05, 0.1) is 17.6 Å². The predicted octanol–water partition coefficient (Wildman–Crippen LogP) is 1.60. The summed E-state index contributed by atoms with van der Waals surface area (Å²) in [6, 6.07) is 6.43. The summed E-state index contributed by atoms with van der Waals surface area (Å²) in [7, 11) is 0. The average molecular weight is 228 g/mol. The molecule has 0 aliphatic heterocycles. The van der Waals surface area contributed by atoms with E-state index >= 15 is 0 Å². The van der Waals surface area contributed by atoms with Crippen LogP contribution in [0, 0.1) is 0 Å². The minimum Gasteiger partial charge on any atom is -0.325 e. The predicted molar refractivity (Wildman–Crippen MR) is 65.9 cm³/mol. The molecule has 0 unspecified atom stereocenters. The summed E-state index contributed by atoms with van der Waals surface area (Å²) in [6.07, 6.45) is 6.81. The molecule has 2 N–H and O–H groups in total. The van der Waals surface area contributed by atoms with E-state index in [1.165, 1.54) is 30.4 Å². The summed E-state index contributed by atoms with van der Waals surface area (Å²) < 4.78 is 1.85. The molecule has 1 aromatic carbocycles. The fraction of sp³-hybridized carbons (Fsp3) is 0.385. The standard InChI is InChI=1S/C13H16N4/c14-8-11-9-17(16-15-11)13-7-3-5-10-4-1-2-6-12(10)13/h3,5,7,9H,1-2,4,6,8,14H2. The van der Waals surface area contributed by atoms with Crippen LogP contribution in [0.5, 0.6) is 0 Å². The van der Waals surface area contributed by atoms with Crippen LogP contribution < -0.4 is 5.73 Å². The number of nitrogens with zero attached hydrogens (tertiary/aromatic N) is 3. The van der Waals surface area contributed by atoms with Crippen LogP contribution in [-0.2, 0) is 19.4 Å². The van der Waals surface area contributed by atoms with Crippen LogP contribution in [0.25, 0.3) is 5.69 Å². The van der Waals surface area contributed by atoms with Crippen molar-refractivity contribution in [1.82, 2.24) is 15.0 Å². The number of aryl methyl sites for hydroxylation is 1. The Balaban J connectivity index is 2.07. The number of hydrogen-bond donors (Lipinski definition) is 1. The van der Waals surface area contributed by atoms with Crippen LogP contribution in [0.4, 0.5) is 0 Å². The third-order valence-corrected chi connectivity index (χ3v) is 3.37. The first-order chi connectivity index (χ1) is 8.38. The Bertz CT molecular complexity index is 530. The average Bonchev–Trinajstić information content (AvgIpc) is 2.87. The maximum atomic E-state index is 5.56. The zero-order valence-corrected chi connectivity index (χ0v) is 9.76. The number of rotatable bonds is 2. The lowest BCUT2D eigenvalue weighted by Crippen LogP contribution is -2.08. The number of nitrogens with two attached hydrogens (primary N) is 1. The molecule has 1 aliphatic carbocycles. The molecule has 1 aliphatic rings. The summed E-state index contributed by atoms with van der Waals surface area (Å²) in [5, 5.41) is 8.20. The van der Waals surface area contributed by atoms with Crippen LogP contribution in [0.1, 0.15) is 29.7 Å². The van der Waals surface area contributed by atoms with Gasteiger partial charge in [-0.1, -0.05) is 17.3 Å². The van der Waals surface area contributed by atoms with E-state index in [2.05, 4.69) is 28.5 Å². The molecule has 88 valence electrons. The van der Waals surface area contributed by atoms with Crippen molar-refractivity contribution < 1.29 is 0 Å². The fourth-order valence-electron chi connectivity index (χ4n) is 2.49. The molecule has 2 aromatic rings. The molecule has 1 heterocycles. The molecule has 0 saturated heterocycles. The number of fused-ring (bicyclic) bond motifs is 1. The highest BCUT2D eigenvalue weighted by Crippen LogP contribution is 2.26. The lowest BCUT2D eigenvalue weighted by molar-refractivity contribution is 0.673. The van der Waals surface area contributed by atoms with Gasteiger partial charge in [0.2, 0.25) is 0 Å². The lowest BCUT2D eigenvalue weighted by Gasteiger charge is -2.18. The van der Waals surface area contributed by atoms with Gasteiger partial charge in [-0.25, -0.2) is 4.68 Å². The van der Waals surface area contributed by atoms with E-state index in [9.17, 15) is 0 Å². The third-order valence-electron chi connectivity index (χ3n) is 3.37. The van der Waals surface area contributed by atoms with Gasteiger partial charge >= 0.3 is 0 Å². The lowest BCUT2D eigenvalue weighted by atomic mass is 9.90. The molecule has 0 saturated carbocycles. The third kappa shape index (κ3) is 1.85. The Morgan fingerprint density at radius 1 is 1.24 bits per heavy atom. The molecule has 0 spiro atoms. The van der Waals surface area contributed by atoms with E-state index in [-0.39, 0.29) is 0 Å². The van der Waals surface area contributed by atoms with E-state index in [1.807, 2.05) is 10.9 Å². The summed E-state index contributed by atoms with van der Waals surface area (Å²) in [4.78, 5) is 0. The van der Waals surface area contributed by atoms with Crippen molar-refractivity contribution in [3.05, 3.63) is 41.2 Å². The van der Waals surface area contributed by atoms with Crippen LogP contribution in [-0.4, -0.2) is 15.0 Å². The minimum absolute atomic E-state index is 0.440. The summed E-state index contributed by atoms with van der Waals surface area (Å²) in [5.74, 6) is 0. The highest BCUT2D eigenvalue weighted by atomic mass is 15.4. The molecule has 4 nitrogen and oxygen atoms in total. The van der Waals surface area contributed by atoms with Gasteiger partial charge in [-0.2, -0.15) is 0 Å². The summed E-state index contributed by atoms with van der Waals surface area (Å²) in [5.41, 5.74) is 10.4. The van der Waals surface area contributed by atoms with Gasteiger partial charge in [0.25, 0.3) is 0 Å². The SMILES string of the molecule is NCc1cn(-c2cccc3c2CCCC3)nn1. The first kappa shape index (κ1) is 10.5. The van der Waals surface area contributed by atoms with Crippen molar-refractivity contribution in [3.8, 4) is 5.69 Å². The van der Waals surface area contributed by atoms with Gasteiger partial charge < -0.3 is 5.73 Å². The van der Waals surface area contributed by atoms with E-state index in [0.717, 1.165) is 17.8 Å². The summed E-state index contributed by atoms with van der Waals surface area (Å²) in [6.45, 7) is 0.440. The molecule has 4 heteroatoms. The Morgan fingerprint density at radius 2 is 2.12 bits per heavy atom. The second-order valence-corrected chi connectivity index (χ2v) is 4.48. The Hall–Kier alpha value is -1.68. The van der Waals surface area contributed by atoms with Gasteiger partial charge in [0.1, 0.15) is 0 Å². The molecular weight excluding hydrogens is 212 g/mol. The molecule has 0 atom stereocenters. The van der Waals surface area contributed by atoms with Crippen LogP contribution in [0.2, 0.25) is 0 Å². The van der Waals surface area contributed by atoms with E-state index < -0.39 is 0 Å². The van der Waals surface area contributed by atoms with E-state index in [1.54, 1.807) is 0 Å². The maximum absolute atomic E-state index is 5.56. The van der Waals surface area contributed by atoms with Crippen molar-refractivity contribution in [1.29, 1.82) is 0 Å². The maximum Gasteiger partial charge on any atom is 0.0967 e. The highest BCUT2D eigenvalue weighted by molar-refractivity contribution is 5.46. The van der Waals surface area contributed by atoms with Crippen molar-refractivity contribution in [2.24, 2.45) is 5.73 Å². The van der Waals surface area contributed by atoms with Crippen molar-refractivity contribution in [3.63, 3.8) is 0 Å². The molecule has 0 amide bonds. The van der Waals surface area contributed by atoms with Gasteiger partial charge in [0, 0.05) is 6.54 Å². The monoisotopic (exact) mass is 228 g/mol. The van der Waals surface area contributed by atoms with Crippen molar-refractivity contribution in [2.45, 2.75) is 32.2 Å². The minimum atomic E-state index is 0.440. The largest absolute Gasteiger partial charge is 0.325 e. The van der Waals surface area contributed by atoms with Gasteiger partial charge in [0.15, 0.2) is 0 Å². The second kappa shape index (κ2) is 4.30. The van der Waals surface area contributed by atoms with E-state index in [4.69, 9.17) is 5.73 Å². The van der Waals surface area contributed by atoms with E-state index in [0.29, 0.717) is 6.54 Å². The summed E-state index contributed by atoms with van der Waals surface area (Å²) >= 11 is 0.